The van der Waals surface area contributed by atoms with Gasteiger partial charge in [0.25, 0.3) is 0 Å². The highest BCUT2D eigenvalue weighted by molar-refractivity contribution is 5.10. The quantitative estimate of drug-likeness (QED) is 0.736. The lowest BCUT2D eigenvalue weighted by molar-refractivity contribution is -0.143. The summed E-state index contributed by atoms with van der Waals surface area (Å²) in [4.78, 5) is 0. The maximum atomic E-state index is 10.5. The first kappa shape index (κ1) is 14.2. The molecule has 0 aliphatic heterocycles. The lowest BCUT2D eigenvalue weighted by atomic mass is 9.97. The topological polar surface area (TPSA) is 56.5 Å². The Morgan fingerprint density at radius 2 is 2.12 bits per heavy atom. The maximum absolute atomic E-state index is 10.5. The normalized spacial score (nSPS) is 15.2. The van der Waals surface area contributed by atoms with Crippen molar-refractivity contribution in [3.63, 3.8) is 0 Å². The highest BCUT2D eigenvalue weighted by atomic mass is 16.7. The molecule has 17 heavy (non-hydrogen) atoms. The van der Waals surface area contributed by atoms with E-state index in [1.165, 1.54) is 0 Å². The molecule has 1 N–H and O–H groups in total. The number of rotatable bonds is 7. The van der Waals surface area contributed by atoms with Crippen LogP contribution in [0.15, 0.2) is 12.3 Å². The van der Waals surface area contributed by atoms with E-state index in [1.54, 1.807) is 27.3 Å². The van der Waals surface area contributed by atoms with Crippen molar-refractivity contribution in [3.8, 4) is 0 Å². The summed E-state index contributed by atoms with van der Waals surface area (Å²) in [5.41, 5.74) is -0.221. The van der Waals surface area contributed by atoms with E-state index in [2.05, 4.69) is 12.0 Å². The van der Waals surface area contributed by atoms with Gasteiger partial charge in [0, 0.05) is 33.4 Å². The van der Waals surface area contributed by atoms with Crippen molar-refractivity contribution in [1.29, 1.82) is 0 Å². The molecule has 1 rings (SSSR count). The fourth-order valence-corrected chi connectivity index (χ4v) is 1.87. The number of nitrogens with zero attached hydrogens (tertiary/aromatic N) is 2. The van der Waals surface area contributed by atoms with Crippen LogP contribution in [-0.4, -0.2) is 35.4 Å². The van der Waals surface area contributed by atoms with Gasteiger partial charge in [0.1, 0.15) is 5.60 Å². The van der Waals surface area contributed by atoms with Gasteiger partial charge < -0.3 is 14.6 Å². The lowest BCUT2D eigenvalue weighted by Gasteiger charge is -2.27. The molecular formula is C12H22N2O3. The molecule has 0 aliphatic rings. The second-order valence-electron chi connectivity index (χ2n) is 4.32. The number of hydrogen-bond donors (Lipinski definition) is 1. The molecule has 0 saturated carbocycles. The molecule has 0 spiro atoms. The molecule has 5 heteroatoms. The highest BCUT2D eigenvalue weighted by Crippen LogP contribution is 2.26. The van der Waals surface area contributed by atoms with Gasteiger partial charge >= 0.3 is 0 Å². The highest BCUT2D eigenvalue weighted by Gasteiger charge is 2.30. The van der Waals surface area contributed by atoms with Gasteiger partial charge in [0.2, 0.25) is 0 Å². The van der Waals surface area contributed by atoms with Crippen LogP contribution in [0.1, 0.15) is 32.4 Å². The van der Waals surface area contributed by atoms with Crippen molar-refractivity contribution >= 4 is 0 Å². The average Bonchev–Trinajstić information content (AvgIpc) is 2.75. The van der Waals surface area contributed by atoms with E-state index in [-0.39, 0.29) is 0 Å². The third-order valence-corrected chi connectivity index (χ3v) is 2.79. The molecule has 5 nitrogen and oxygen atoms in total. The molecule has 0 radical (unpaired) electrons. The SMILES string of the molecule is CCCn1nccc1C(C)(O)CC(OC)OC. The number of aryl methyl sites for hydroxylation is 1. The third-order valence-electron chi connectivity index (χ3n) is 2.79. The minimum atomic E-state index is -1.01. The van der Waals surface area contributed by atoms with Gasteiger partial charge in [0.15, 0.2) is 6.29 Å². The van der Waals surface area contributed by atoms with Crippen molar-refractivity contribution in [2.75, 3.05) is 14.2 Å². The Labute approximate surface area is 102 Å². The van der Waals surface area contributed by atoms with E-state index in [0.29, 0.717) is 6.42 Å². The smallest absolute Gasteiger partial charge is 0.159 e. The Morgan fingerprint density at radius 1 is 1.47 bits per heavy atom. The van der Waals surface area contributed by atoms with E-state index in [0.717, 1.165) is 18.7 Å². The van der Waals surface area contributed by atoms with Crippen LogP contribution in [0.5, 0.6) is 0 Å². The number of aliphatic hydroxyl groups is 1. The first-order valence-electron chi connectivity index (χ1n) is 5.85. The Balaban J connectivity index is 2.83. The molecule has 1 unspecified atom stereocenters. The largest absolute Gasteiger partial charge is 0.384 e. The Hall–Kier alpha value is -0.910. The predicted molar refractivity (Wildman–Crippen MR) is 64.5 cm³/mol. The van der Waals surface area contributed by atoms with Crippen LogP contribution in [0.3, 0.4) is 0 Å². The van der Waals surface area contributed by atoms with Crippen LogP contribution in [-0.2, 0) is 21.6 Å². The molecule has 1 aromatic heterocycles. The zero-order chi connectivity index (χ0) is 12.9. The summed E-state index contributed by atoms with van der Waals surface area (Å²) in [6.45, 7) is 4.62. The number of ether oxygens (including phenoxy) is 2. The molecule has 98 valence electrons. The molecule has 0 amide bonds. The van der Waals surface area contributed by atoms with Gasteiger partial charge in [-0.25, -0.2) is 0 Å². The summed E-state index contributed by atoms with van der Waals surface area (Å²) in [5.74, 6) is 0. The lowest BCUT2D eigenvalue weighted by Crippen LogP contribution is -2.32. The minimum Gasteiger partial charge on any atom is -0.384 e. The zero-order valence-electron chi connectivity index (χ0n) is 11.0. The van der Waals surface area contributed by atoms with Gasteiger partial charge in [-0.2, -0.15) is 5.10 Å². The summed E-state index contributed by atoms with van der Waals surface area (Å²) in [5, 5.41) is 14.7. The van der Waals surface area contributed by atoms with Crippen LogP contribution in [0.4, 0.5) is 0 Å². The van der Waals surface area contributed by atoms with E-state index < -0.39 is 11.9 Å². The fraction of sp³-hybridized carbons (Fsp3) is 0.750. The summed E-state index contributed by atoms with van der Waals surface area (Å²) >= 11 is 0. The van der Waals surface area contributed by atoms with E-state index in [1.807, 2.05) is 10.7 Å². The Morgan fingerprint density at radius 3 is 2.65 bits per heavy atom. The average molecular weight is 242 g/mol. The van der Waals surface area contributed by atoms with Crippen LogP contribution in [0, 0.1) is 0 Å². The number of hydrogen-bond acceptors (Lipinski definition) is 4. The van der Waals surface area contributed by atoms with E-state index >= 15 is 0 Å². The fourth-order valence-electron chi connectivity index (χ4n) is 1.87. The molecule has 0 saturated heterocycles. The monoisotopic (exact) mass is 242 g/mol. The summed E-state index contributed by atoms with van der Waals surface area (Å²) in [7, 11) is 3.13. The van der Waals surface area contributed by atoms with Crippen molar-refractivity contribution in [3.05, 3.63) is 18.0 Å². The molecular weight excluding hydrogens is 220 g/mol. The van der Waals surface area contributed by atoms with Crippen LogP contribution in [0.2, 0.25) is 0 Å². The maximum Gasteiger partial charge on any atom is 0.159 e. The van der Waals surface area contributed by atoms with Crippen LogP contribution in [0.25, 0.3) is 0 Å². The molecule has 0 aliphatic carbocycles. The predicted octanol–water partition coefficient (Wildman–Crippen LogP) is 1.51. The Bertz CT molecular complexity index is 332. The summed E-state index contributed by atoms with van der Waals surface area (Å²) < 4.78 is 12.1. The second-order valence-corrected chi connectivity index (χ2v) is 4.32. The number of methoxy groups -OCH3 is 2. The summed E-state index contributed by atoms with van der Waals surface area (Å²) in [6.07, 6.45) is 2.63. The third kappa shape index (κ3) is 3.52. The number of aromatic nitrogens is 2. The van der Waals surface area contributed by atoms with Gasteiger partial charge in [-0.3, -0.25) is 4.68 Å². The van der Waals surface area contributed by atoms with Gasteiger partial charge in [-0.05, 0) is 19.4 Å². The Kier molecular flexibility index (Phi) is 5.11. The molecule has 0 fully saturated rings. The van der Waals surface area contributed by atoms with Crippen molar-refractivity contribution in [1.82, 2.24) is 9.78 Å². The van der Waals surface area contributed by atoms with Crippen LogP contribution < -0.4 is 0 Å². The zero-order valence-corrected chi connectivity index (χ0v) is 11.0. The molecule has 1 heterocycles. The van der Waals surface area contributed by atoms with Crippen LogP contribution >= 0.6 is 0 Å². The minimum absolute atomic E-state index is 0.370. The van der Waals surface area contributed by atoms with Gasteiger partial charge in [0.05, 0.1) is 5.69 Å². The first-order valence-corrected chi connectivity index (χ1v) is 5.85. The first-order chi connectivity index (χ1) is 8.05. The van der Waals surface area contributed by atoms with E-state index in [9.17, 15) is 5.11 Å². The molecule has 0 bridgehead atoms. The van der Waals surface area contributed by atoms with Crippen molar-refractivity contribution in [2.24, 2.45) is 0 Å². The molecule has 1 aromatic rings. The van der Waals surface area contributed by atoms with E-state index in [4.69, 9.17) is 9.47 Å². The van der Waals surface area contributed by atoms with Gasteiger partial charge in [-0.15, -0.1) is 0 Å². The van der Waals surface area contributed by atoms with Crippen molar-refractivity contribution < 1.29 is 14.6 Å². The second kappa shape index (κ2) is 6.14. The molecule has 0 aromatic carbocycles. The summed E-state index contributed by atoms with van der Waals surface area (Å²) in [6, 6.07) is 1.83. The molecule has 1 atom stereocenters. The van der Waals surface area contributed by atoms with Crippen molar-refractivity contribution in [2.45, 2.75) is 45.1 Å². The van der Waals surface area contributed by atoms with Gasteiger partial charge in [-0.1, -0.05) is 6.92 Å². The standard InChI is InChI=1S/C12H22N2O3/c1-5-8-14-10(6-7-13-14)12(2,15)9-11(16-3)17-4/h6-7,11,15H,5,8-9H2,1-4H3.